The second-order valence-corrected chi connectivity index (χ2v) is 5.30. The molecule has 0 radical (unpaired) electrons. The molecule has 1 aliphatic heterocycles. The lowest BCUT2D eigenvalue weighted by Crippen LogP contribution is -2.40. The highest BCUT2D eigenvalue weighted by atomic mass is 16.5. The predicted octanol–water partition coefficient (Wildman–Crippen LogP) is 2.19. The van der Waals surface area contributed by atoms with Gasteiger partial charge in [0.2, 0.25) is 0 Å². The number of nitrogens with two attached hydrogens (primary N) is 1. The number of hydrogen-bond donors (Lipinski definition) is 2. The molecule has 1 fully saturated rings. The molecule has 0 aliphatic carbocycles. The van der Waals surface area contributed by atoms with E-state index in [0.29, 0.717) is 0 Å². The van der Waals surface area contributed by atoms with Crippen LogP contribution in [0.25, 0.3) is 10.9 Å². The zero-order chi connectivity index (χ0) is 13.3. The molecular weight excluding hydrogens is 240 g/mol. The van der Waals surface area contributed by atoms with Crippen LogP contribution in [0.3, 0.4) is 0 Å². The molecule has 1 aromatic carbocycles. The van der Waals surface area contributed by atoms with Crippen molar-refractivity contribution in [3.05, 3.63) is 24.5 Å². The average Bonchev–Trinajstić information content (AvgIpc) is 2.39. The fourth-order valence-corrected chi connectivity index (χ4v) is 2.41. The summed E-state index contributed by atoms with van der Waals surface area (Å²) in [6, 6.07) is 5.72. The van der Waals surface area contributed by atoms with Crippen LogP contribution in [0.2, 0.25) is 0 Å². The van der Waals surface area contributed by atoms with Gasteiger partial charge in [0, 0.05) is 29.8 Å². The summed E-state index contributed by atoms with van der Waals surface area (Å²) < 4.78 is 5.42. The van der Waals surface area contributed by atoms with Gasteiger partial charge < -0.3 is 15.8 Å². The number of anilines is 2. The number of rotatable bonds is 2. The second kappa shape index (κ2) is 4.66. The van der Waals surface area contributed by atoms with Crippen molar-refractivity contribution in [3.63, 3.8) is 0 Å². The topological polar surface area (TPSA) is 73.1 Å². The molecule has 0 atom stereocenters. The number of nitrogens with one attached hydrogen (secondary N) is 1. The predicted molar refractivity (Wildman–Crippen MR) is 76.0 cm³/mol. The van der Waals surface area contributed by atoms with E-state index in [2.05, 4.69) is 22.2 Å². The second-order valence-electron chi connectivity index (χ2n) is 5.30. The zero-order valence-corrected chi connectivity index (χ0v) is 11.0. The quantitative estimate of drug-likeness (QED) is 0.808. The number of hydrogen-bond acceptors (Lipinski definition) is 5. The first kappa shape index (κ1) is 12.2. The highest BCUT2D eigenvalue weighted by Crippen LogP contribution is 2.28. The first-order valence-corrected chi connectivity index (χ1v) is 6.52. The van der Waals surface area contributed by atoms with Crippen molar-refractivity contribution in [1.82, 2.24) is 9.97 Å². The van der Waals surface area contributed by atoms with Gasteiger partial charge in [-0.25, -0.2) is 9.97 Å². The van der Waals surface area contributed by atoms with Gasteiger partial charge in [-0.15, -0.1) is 0 Å². The third-order valence-electron chi connectivity index (χ3n) is 3.68. The van der Waals surface area contributed by atoms with Crippen molar-refractivity contribution >= 4 is 22.4 Å². The summed E-state index contributed by atoms with van der Waals surface area (Å²) in [5.41, 5.74) is 7.40. The Kier molecular flexibility index (Phi) is 2.98. The molecule has 0 saturated carbocycles. The standard InChI is InChI=1S/C14H18N4O/c1-14(4-6-19-7-5-14)18-13-11-3-2-10(15)8-12(11)16-9-17-13/h2-3,8-9H,4-7,15H2,1H3,(H,16,17,18). The normalized spacial score (nSPS) is 18.4. The lowest BCUT2D eigenvalue weighted by molar-refractivity contribution is 0.0657. The number of fused-ring (bicyclic) bond motifs is 1. The van der Waals surface area contributed by atoms with Gasteiger partial charge in [-0.05, 0) is 38.0 Å². The van der Waals surface area contributed by atoms with Crippen LogP contribution >= 0.6 is 0 Å². The van der Waals surface area contributed by atoms with Gasteiger partial charge in [-0.2, -0.15) is 0 Å². The van der Waals surface area contributed by atoms with Crippen LogP contribution in [0.1, 0.15) is 19.8 Å². The van der Waals surface area contributed by atoms with Crippen LogP contribution in [0.15, 0.2) is 24.5 Å². The molecule has 5 nitrogen and oxygen atoms in total. The van der Waals surface area contributed by atoms with E-state index in [9.17, 15) is 0 Å². The van der Waals surface area contributed by atoms with Crippen LogP contribution in [0, 0.1) is 0 Å². The van der Waals surface area contributed by atoms with Gasteiger partial charge in [0.05, 0.1) is 5.52 Å². The maximum atomic E-state index is 5.79. The molecule has 0 bridgehead atoms. The van der Waals surface area contributed by atoms with E-state index in [1.165, 1.54) is 0 Å². The van der Waals surface area contributed by atoms with E-state index >= 15 is 0 Å². The largest absolute Gasteiger partial charge is 0.399 e. The van der Waals surface area contributed by atoms with Crippen LogP contribution in [0.4, 0.5) is 11.5 Å². The molecule has 3 N–H and O–H groups in total. The van der Waals surface area contributed by atoms with Crippen molar-refractivity contribution in [2.45, 2.75) is 25.3 Å². The molecule has 5 heteroatoms. The van der Waals surface area contributed by atoms with Crippen LogP contribution in [-0.2, 0) is 4.74 Å². The monoisotopic (exact) mass is 258 g/mol. The number of ether oxygens (including phenoxy) is 1. The summed E-state index contributed by atoms with van der Waals surface area (Å²) in [6.07, 6.45) is 3.54. The van der Waals surface area contributed by atoms with E-state index in [-0.39, 0.29) is 5.54 Å². The minimum atomic E-state index is 0.0287. The molecule has 0 unspecified atom stereocenters. The Morgan fingerprint density at radius 1 is 1.26 bits per heavy atom. The molecule has 19 heavy (non-hydrogen) atoms. The molecule has 1 saturated heterocycles. The molecule has 1 aliphatic rings. The summed E-state index contributed by atoms with van der Waals surface area (Å²) in [5.74, 6) is 0.870. The highest BCUT2D eigenvalue weighted by molar-refractivity contribution is 5.90. The Bertz CT molecular complexity index is 593. The third kappa shape index (κ3) is 2.46. The SMILES string of the molecule is CC1(Nc2ncnc3cc(N)ccc23)CCOCC1. The van der Waals surface area contributed by atoms with Crippen molar-refractivity contribution in [2.75, 3.05) is 24.3 Å². The molecule has 2 heterocycles. The van der Waals surface area contributed by atoms with Crippen molar-refractivity contribution in [3.8, 4) is 0 Å². The summed E-state index contributed by atoms with van der Waals surface area (Å²) in [7, 11) is 0. The lowest BCUT2D eigenvalue weighted by Gasteiger charge is -2.35. The van der Waals surface area contributed by atoms with E-state index in [1.54, 1.807) is 6.33 Å². The summed E-state index contributed by atoms with van der Waals surface area (Å²) >= 11 is 0. The zero-order valence-electron chi connectivity index (χ0n) is 11.0. The van der Waals surface area contributed by atoms with Gasteiger partial charge >= 0.3 is 0 Å². The molecule has 0 spiro atoms. The molecule has 2 aromatic rings. The Morgan fingerprint density at radius 2 is 2.05 bits per heavy atom. The Balaban J connectivity index is 1.96. The van der Waals surface area contributed by atoms with Crippen molar-refractivity contribution in [1.29, 1.82) is 0 Å². The van der Waals surface area contributed by atoms with E-state index in [1.807, 2.05) is 18.2 Å². The lowest BCUT2D eigenvalue weighted by atomic mass is 9.92. The molecule has 0 amide bonds. The molecule has 1 aromatic heterocycles. The summed E-state index contributed by atoms with van der Waals surface area (Å²) in [6.45, 7) is 3.79. The van der Waals surface area contributed by atoms with Gasteiger partial charge in [0.15, 0.2) is 0 Å². The van der Waals surface area contributed by atoms with Crippen LogP contribution in [-0.4, -0.2) is 28.7 Å². The summed E-state index contributed by atoms with van der Waals surface area (Å²) in [5, 5.41) is 4.55. The number of aromatic nitrogens is 2. The minimum absolute atomic E-state index is 0.0287. The third-order valence-corrected chi connectivity index (χ3v) is 3.68. The maximum Gasteiger partial charge on any atom is 0.137 e. The van der Waals surface area contributed by atoms with Gasteiger partial charge in [0.1, 0.15) is 12.1 Å². The number of nitrogen functional groups attached to an aromatic ring is 1. The first-order chi connectivity index (χ1) is 9.16. The van der Waals surface area contributed by atoms with Crippen molar-refractivity contribution < 1.29 is 4.74 Å². The maximum absolute atomic E-state index is 5.79. The molecule has 3 rings (SSSR count). The number of benzene rings is 1. The Morgan fingerprint density at radius 3 is 2.84 bits per heavy atom. The fourth-order valence-electron chi connectivity index (χ4n) is 2.41. The van der Waals surface area contributed by atoms with E-state index in [4.69, 9.17) is 10.5 Å². The first-order valence-electron chi connectivity index (χ1n) is 6.52. The fraction of sp³-hybridized carbons (Fsp3) is 0.429. The minimum Gasteiger partial charge on any atom is -0.399 e. The average molecular weight is 258 g/mol. The van der Waals surface area contributed by atoms with Crippen LogP contribution < -0.4 is 11.1 Å². The van der Waals surface area contributed by atoms with Crippen molar-refractivity contribution in [2.24, 2.45) is 0 Å². The van der Waals surface area contributed by atoms with Crippen LogP contribution in [0.5, 0.6) is 0 Å². The smallest absolute Gasteiger partial charge is 0.137 e. The summed E-state index contributed by atoms with van der Waals surface area (Å²) in [4.78, 5) is 8.63. The molecular formula is C14H18N4O. The highest BCUT2D eigenvalue weighted by Gasteiger charge is 2.27. The Hall–Kier alpha value is -1.88. The molecule has 100 valence electrons. The van der Waals surface area contributed by atoms with Gasteiger partial charge in [-0.1, -0.05) is 0 Å². The number of nitrogens with zero attached hydrogens (tertiary/aromatic N) is 2. The van der Waals surface area contributed by atoms with Gasteiger partial charge in [0.25, 0.3) is 0 Å². The van der Waals surface area contributed by atoms with E-state index in [0.717, 1.165) is 48.5 Å². The Labute approximate surface area is 112 Å². The van der Waals surface area contributed by atoms with E-state index < -0.39 is 0 Å². The van der Waals surface area contributed by atoms with Gasteiger partial charge in [-0.3, -0.25) is 0 Å².